The number of piperidine rings is 1. The van der Waals surface area contributed by atoms with E-state index in [-0.39, 0.29) is 48.6 Å². The Morgan fingerprint density at radius 1 is 1.10 bits per heavy atom. The minimum atomic E-state index is -0.196. The van der Waals surface area contributed by atoms with Gasteiger partial charge in [-0.2, -0.15) is 5.01 Å². The SMILES string of the molecule is CN1Cc2cc(NC3NCC4C(=O)N5C/C=C\CCC(=O)N6CCOC7CCC(NC76)N5C4N3)ccc2C2(CC2)C1. The van der Waals surface area contributed by atoms with E-state index >= 15 is 0 Å². The van der Waals surface area contributed by atoms with Crippen molar-refractivity contribution >= 4 is 17.5 Å². The molecule has 4 N–H and O–H groups in total. The van der Waals surface area contributed by atoms with Crippen molar-refractivity contribution < 1.29 is 14.3 Å². The zero-order valence-corrected chi connectivity index (χ0v) is 23.8. The Labute approximate surface area is 241 Å². The first kappa shape index (κ1) is 26.1. The first-order valence-electron chi connectivity index (χ1n) is 15.5. The minimum absolute atomic E-state index is 0.0155. The number of hydrazine groups is 1. The van der Waals surface area contributed by atoms with Gasteiger partial charge >= 0.3 is 0 Å². The van der Waals surface area contributed by atoms with E-state index in [2.05, 4.69) is 56.4 Å². The fraction of sp³-hybridized carbons (Fsp3) is 0.667. The van der Waals surface area contributed by atoms with Crippen molar-refractivity contribution in [2.45, 2.75) is 81.4 Å². The van der Waals surface area contributed by atoms with Gasteiger partial charge in [-0.05, 0) is 62.4 Å². The molecule has 6 unspecified atom stereocenters. The maximum Gasteiger partial charge on any atom is 0.244 e. The summed E-state index contributed by atoms with van der Waals surface area (Å²) in [5, 5.41) is 18.9. The molecule has 1 aromatic rings. The summed E-state index contributed by atoms with van der Waals surface area (Å²) in [6.45, 7) is 4.41. The van der Waals surface area contributed by atoms with Crippen LogP contribution in [0.25, 0.3) is 0 Å². The van der Waals surface area contributed by atoms with Gasteiger partial charge < -0.3 is 19.9 Å². The summed E-state index contributed by atoms with van der Waals surface area (Å²) >= 11 is 0. The lowest BCUT2D eigenvalue weighted by Gasteiger charge is -2.50. The highest BCUT2D eigenvalue weighted by Gasteiger charge is 2.54. The van der Waals surface area contributed by atoms with Crippen molar-refractivity contribution in [3.8, 4) is 0 Å². The van der Waals surface area contributed by atoms with Gasteiger partial charge in [-0.25, -0.2) is 0 Å². The van der Waals surface area contributed by atoms with Crippen LogP contribution in [0.15, 0.2) is 30.4 Å². The van der Waals surface area contributed by atoms with Gasteiger partial charge in [0.2, 0.25) is 11.8 Å². The second-order valence-electron chi connectivity index (χ2n) is 13.0. The summed E-state index contributed by atoms with van der Waals surface area (Å²) in [7, 11) is 2.22. The van der Waals surface area contributed by atoms with Gasteiger partial charge in [0, 0.05) is 43.7 Å². The summed E-state index contributed by atoms with van der Waals surface area (Å²) in [5.41, 5.74) is 4.40. The highest BCUT2D eigenvalue weighted by Crippen LogP contribution is 2.52. The molecule has 41 heavy (non-hydrogen) atoms. The predicted octanol–water partition coefficient (Wildman–Crippen LogP) is 0.666. The molecule has 220 valence electrons. The monoisotopic (exact) mass is 562 g/mol. The first-order chi connectivity index (χ1) is 20.0. The average Bonchev–Trinajstić information content (AvgIpc) is 3.67. The molecule has 7 aliphatic rings. The van der Waals surface area contributed by atoms with E-state index in [1.165, 1.54) is 24.0 Å². The molecule has 1 spiro atoms. The summed E-state index contributed by atoms with van der Waals surface area (Å²) in [5.74, 6) is 0.110. The topological polar surface area (TPSA) is 104 Å². The highest BCUT2D eigenvalue weighted by atomic mass is 16.5. The van der Waals surface area contributed by atoms with E-state index in [1.54, 1.807) is 0 Å². The van der Waals surface area contributed by atoms with Crippen molar-refractivity contribution in [3.63, 3.8) is 0 Å². The van der Waals surface area contributed by atoms with Crippen molar-refractivity contribution in [3.05, 3.63) is 41.5 Å². The Morgan fingerprint density at radius 2 is 2.00 bits per heavy atom. The van der Waals surface area contributed by atoms with Gasteiger partial charge in [0.05, 0.1) is 37.5 Å². The molecule has 6 atom stereocenters. The van der Waals surface area contributed by atoms with Crippen LogP contribution in [0.1, 0.15) is 49.7 Å². The van der Waals surface area contributed by atoms with E-state index in [9.17, 15) is 9.59 Å². The van der Waals surface area contributed by atoms with Gasteiger partial charge in [-0.3, -0.25) is 30.5 Å². The number of carbonyl (C=O) groups excluding carboxylic acids is 2. The Morgan fingerprint density at radius 3 is 2.88 bits per heavy atom. The molecule has 6 aliphatic heterocycles. The van der Waals surface area contributed by atoms with Crippen LogP contribution in [-0.4, -0.2) is 102 Å². The van der Waals surface area contributed by atoms with Gasteiger partial charge in [-0.1, -0.05) is 18.2 Å². The molecule has 6 heterocycles. The van der Waals surface area contributed by atoms with Gasteiger partial charge in [0.15, 0.2) is 0 Å². The van der Waals surface area contributed by atoms with Crippen LogP contribution < -0.4 is 21.3 Å². The Hall–Kier alpha value is -2.54. The third-order valence-corrected chi connectivity index (χ3v) is 10.3. The van der Waals surface area contributed by atoms with Gasteiger partial charge in [-0.15, -0.1) is 0 Å². The number of amides is 2. The molecule has 0 aromatic heterocycles. The largest absolute Gasteiger partial charge is 0.373 e. The molecule has 2 bridgehead atoms. The number of allylic oxidation sites excluding steroid dienone is 1. The second-order valence-corrected chi connectivity index (χ2v) is 13.0. The molecular formula is C30H42N8O3. The zero-order chi connectivity index (χ0) is 27.7. The minimum Gasteiger partial charge on any atom is -0.373 e. The standard InChI is InChI=1S/C30H42N8O3/c1-35-17-19-15-20(6-7-22(19)30(18-35)10-11-30)32-29-31-16-21-26(34-29)38-24-9-8-23-27(33-24)36(13-14-41-23)25(39)5-3-2-4-12-37(38)28(21)40/h2,4,6-7,15,21,23-24,26-27,29,31-34H,3,5,8-14,16-18H2,1H3/b4-2-. The van der Waals surface area contributed by atoms with Crippen LogP contribution in [0.4, 0.5) is 5.69 Å². The number of likely N-dealkylation sites (N-methyl/N-ethyl adjacent to an activating group) is 1. The molecule has 0 radical (unpaired) electrons. The third kappa shape index (κ3) is 4.49. The number of rotatable bonds is 2. The maximum absolute atomic E-state index is 13.8. The Balaban J connectivity index is 1.04. The summed E-state index contributed by atoms with van der Waals surface area (Å²) in [4.78, 5) is 31.3. The van der Waals surface area contributed by atoms with E-state index < -0.39 is 0 Å². The number of nitrogens with zero attached hydrogens (tertiary/aromatic N) is 4. The molecule has 8 rings (SSSR count). The van der Waals surface area contributed by atoms with E-state index in [4.69, 9.17) is 4.74 Å². The van der Waals surface area contributed by atoms with Crippen LogP contribution in [-0.2, 0) is 26.3 Å². The summed E-state index contributed by atoms with van der Waals surface area (Å²) < 4.78 is 6.08. The van der Waals surface area contributed by atoms with Crippen LogP contribution in [0, 0.1) is 5.92 Å². The predicted molar refractivity (Wildman–Crippen MR) is 153 cm³/mol. The summed E-state index contributed by atoms with van der Waals surface area (Å²) in [6, 6.07) is 6.85. The van der Waals surface area contributed by atoms with Crippen LogP contribution >= 0.6 is 0 Å². The third-order valence-electron chi connectivity index (χ3n) is 10.3. The Bertz CT molecular complexity index is 1250. The Kier molecular flexibility index (Phi) is 6.39. The number of hydrogen-bond acceptors (Lipinski definition) is 9. The molecule has 5 fully saturated rings. The van der Waals surface area contributed by atoms with Crippen molar-refractivity contribution in [1.29, 1.82) is 0 Å². The molecule has 11 nitrogen and oxygen atoms in total. The normalized spacial score (nSPS) is 37.5. The van der Waals surface area contributed by atoms with Gasteiger partial charge in [0.1, 0.15) is 12.5 Å². The lowest BCUT2D eigenvalue weighted by atomic mass is 9.87. The number of benzene rings is 1. The molecule has 2 amide bonds. The van der Waals surface area contributed by atoms with Crippen molar-refractivity contribution in [2.75, 3.05) is 45.2 Å². The van der Waals surface area contributed by atoms with Crippen LogP contribution in [0.5, 0.6) is 0 Å². The van der Waals surface area contributed by atoms with Crippen LogP contribution in [0.3, 0.4) is 0 Å². The van der Waals surface area contributed by atoms with Crippen molar-refractivity contribution in [1.82, 2.24) is 35.8 Å². The number of fused-ring (bicyclic) bond motifs is 7. The summed E-state index contributed by atoms with van der Waals surface area (Å²) in [6.07, 6.45) is 8.89. The number of anilines is 1. The first-order valence-corrected chi connectivity index (χ1v) is 15.5. The fourth-order valence-corrected chi connectivity index (χ4v) is 8.21. The smallest absolute Gasteiger partial charge is 0.244 e. The zero-order valence-electron chi connectivity index (χ0n) is 23.8. The number of nitrogens with one attached hydrogen (secondary N) is 4. The maximum atomic E-state index is 13.8. The van der Waals surface area contributed by atoms with Crippen molar-refractivity contribution in [2.24, 2.45) is 5.92 Å². The molecule has 11 heteroatoms. The highest BCUT2D eigenvalue weighted by molar-refractivity contribution is 5.82. The molecule has 1 saturated carbocycles. The molecule has 1 aliphatic carbocycles. The fourth-order valence-electron chi connectivity index (χ4n) is 8.21. The van der Waals surface area contributed by atoms with Crippen LogP contribution in [0.2, 0.25) is 0 Å². The average molecular weight is 563 g/mol. The quantitative estimate of drug-likeness (QED) is 0.387. The number of morpholine rings is 1. The second kappa shape index (κ2) is 10.0. The number of hydrogen-bond donors (Lipinski definition) is 4. The van der Waals surface area contributed by atoms with E-state index in [1.807, 2.05) is 22.1 Å². The lowest BCUT2D eigenvalue weighted by molar-refractivity contribution is -0.170. The van der Waals surface area contributed by atoms with E-state index in [0.29, 0.717) is 44.5 Å². The molecule has 1 aromatic carbocycles. The molecule has 4 saturated heterocycles. The number of ether oxygens (including phenoxy) is 1. The number of carbonyl (C=O) groups is 2. The van der Waals surface area contributed by atoms with Gasteiger partial charge in [0.25, 0.3) is 0 Å². The molecular weight excluding hydrogens is 520 g/mol. The van der Waals surface area contributed by atoms with E-state index in [0.717, 1.165) is 31.6 Å². The lowest BCUT2D eigenvalue weighted by Crippen LogP contribution is -2.72.